The van der Waals surface area contributed by atoms with Crippen LogP contribution in [0, 0.1) is 6.92 Å². The lowest BCUT2D eigenvalue weighted by Crippen LogP contribution is -2.47. The van der Waals surface area contributed by atoms with Gasteiger partial charge in [-0.25, -0.2) is 4.98 Å². The van der Waals surface area contributed by atoms with Crippen LogP contribution < -0.4 is 5.32 Å². The number of hydrogen-bond donors (Lipinski definition) is 2. The number of hydrogen-bond acceptors (Lipinski definition) is 4. The van der Waals surface area contributed by atoms with Crippen molar-refractivity contribution in [1.29, 1.82) is 0 Å². The van der Waals surface area contributed by atoms with Crippen LogP contribution in [0.1, 0.15) is 32.5 Å². The Kier molecular flexibility index (Phi) is 5.23. The molecule has 132 valence electrons. The third-order valence-electron chi connectivity index (χ3n) is 4.81. The van der Waals surface area contributed by atoms with E-state index in [-0.39, 0.29) is 0 Å². The highest BCUT2D eigenvalue weighted by atomic mass is 16.3. The Balaban J connectivity index is 1.47. The predicted octanol–water partition coefficient (Wildman–Crippen LogP) is 2.17. The normalized spacial score (nSPS) is 17.7. The molecule has 3 rings (SSSR count). The van der Waals surface area contributed by atoms with Gasteiger partial charge in [-0.1, -0.05) is 12.1 Å². The highest BCUT2D eigenvalue weighted by molar-refractivity contribution is 5.75. The second-order valence-corrected chi connectivity index (χ2v) is 7.62. The Labute approximate surface area is 144 Å². The highest BCUT2D eigenvalue weighted by Gasteiger charge is 2.23. The third-order valence-corrected chi connectivity index (χ3v) is 4.81. The number of aromatic nitrogens is 2. The number of imidazole rings is 1. The van der Waals surface area contributed by atoms with Crippen LogP contribution in [0.3, 0.4) is 0 Å². The van der Waals surface area contributed by atoms with Gasteiger partial charge in [-0.15, -0.1) is 0 Å². The number of benzene rings is 1. The van der Waals surface area contributed by atoms with E-state index in [2.05, 4.69) is 44.9 Å². The summed E-state index contributed by atoms with van der Waals surface area (Å²) >= 11 is 0. The minimum atomic E-state index is -0.597. The largest absolute Gasteiger partial charge is 0.389 e. The molecule has 0 saturated carbocycles. The molecule has 5 heteroatoms. The molecular weight excluding hydrogens is 300 g/mol. The molecule has 0 unspecified atom stereocenters. The summed E-state index contributed by atoms with van der Waals surface area (Å²) in [6.45, 7) is 10.7. The Morgan fingerprint density at radius 1 is 1.25 bits per heavy atom. The number of rotatable bonds is 6. The van der Waals surface area contributed by atoms with Crippen LogP contribution in [0.25, 0.3) is 11.0 Å². The van der Waals surface area contributed by atoms with E-state index in [4.69, 9.17) is 0 Å². The third kappa shape index (κ3) is 4.35. The van der Waals surface area contributed by atoms with E-state index in [0.717, 1.165) is 56.9 Å². The van der Waals surface area contributed by atoms with E-state index >= 15 is 0 Å². The molecule has 1 aromatic heterocycles. The van der Waals surface area contributed by atoms with Gasteiger partial charge < -0.3 is 19.9 Å². The van der Waals surface area contributed by atoms with Gasteiger partial charge in [0.25, 0.3) is 0 Å². The molecule has 2 heterocycles. The van der Waals surface area contributed by atoms with E-state index in [1.54, 1.807) is 0 Å². The standard InChI is InChI=1S/C19H30N4O/c1-15-21-17-6-4-5-7-18(17)23(15)13-10-20-16-8-11-22(12-9-16)14-19(2,3)24/h4-7,16,20,24H,8-14H2,1-3H3. The summed E-state index contributed by atoms with van der Waals surface area (Å²) in [4.78, 5) is 6.99. The van der Waals surface area contributed by atoms with Crippen LogP contribution in [-0.2, 0) is 6.54 Å². The molecule has 5 nitrogen and oxygen atoms in total. The lowest BCUT2D eigenvalue weighted by molar-refractivity contribution is 0.0269. The lowest BCUT2D eigenvalue weighted by Gasteiger charge is -2.35. The summed E-state index contributed by atoms with van der Waals surface area (Å²) in [6.07, 6.45) is 2.31. The van der Waals surface area contributed by atoms with Gasteiger partial charge in [0.05, 0.1) is 16.6 Å². The van der Waals surface area contributed by atoms with Gasteiger partial charge in [-0.05, 0) is 58.8 Å². The number of fused-ring (bicyclic) bond motifs is 1. The second-order valence-electron chi connectivity index (χ2n) is 7.62. The van der Waals surface area contributed by atoms with Crippen molar-refractivity contribution in [1.82, 2.24) is 19.8 Å². The summed E-state index contributed by atoms with van der Waals surface area (Å²) in [7, 11) is 0. The Bertz CT molecular complexity index is 666. The number of likely N-dealkylation sites (tertiary alicyclic amines) is 1. The molecule has 2 N–H and O–H groups in total. The molecule has 1 aliphatic rings. The highest BCUT2D eigenvalue weighted by Crippen LogP contribution is 2.16. The van der Waals surface area contributed by atoms with Crippen molar-refractivity contribution in [3.8, 4) is 0 Å². The fourth-order valence-electron chi connectivity index (χ4n) is 3.70. The summed E-state index contributed by atoms with van der Waals surface area (Å²) in [6, 6.07) is 8.91. The van der Waals surface area contributed by atoms with Crippen LogP contribution >= 0.6 is 0 Å². The van der Waals surface area contributed by atoms with E-state index in [0.29, 0.717) is 6.04 Å². The molecule has 2 aromatic rings. The minimum Gasteiger partial charge on any atom is -0.389 e. The number of para-hydroxylation sites is 2. The Morgan fingerprint density at radius 3 is 2.67 bits per heavy atom. The van der Waals surface area contributed by atoms with Crippen LogP contribution in [0.15, 0.2) is 24.3 Å². The number of β-amino-alcohol motifs (C(OH)–C–C–N with tert-alkyl or cyclic N) is 1. The summed E-state index contributed by atoms with van der Waals surface area (Å²) in [5, 5.41) is 13.6. The first kappa shape index (κ1) is 17.4. The first-order chi connectivity index (χ1) is 11.4. The smallest absolute Gasteiger partial charge is 0.106 e. The predicted molar refractivity (Wildman–Crippen MR) is 98.2 cm³/mol. The Morgan fingerprint density at radius 2 is 1.96 bits per heavy atom. The molecular formula is C19H30N4O. The zero-order valence-electron chi connectivity index (χ0n) is 15.1. The maximum atomic E-state index is 9.93. The second kappa shape index (κ2) is 7.21. The van der Waals surface area contributed by atoms with Crippen molar-refractivity contribution in [2.24, 2.45) is 0 Å². The molecule has 0 spiro atoms. The van der Waals surface area contributed by atoms with Gasteiger partial charge in [0.15, 0.2) is 0 Å². The average molecular weight is 330 g/mol. The first-order valence-electron chi connectivity index (χ1n) is 9.02. The van der Waals surface area contributed by atoms with E-state index < -0.39 is 5.60 Å². The minimum absolute atomic E-state index is 0.582. The van der Waals surface area contributed by atoms with Gasteiger partial charge in [0, 0.05) is 25.7 Å². The molecule has 0 bridgehead atoms. The van der Waals surface area contributed by atoms with Gasteiger partial charge in [-0.3, -0.25) is 0 Å². The zero-order chi connectivity index (χ0) is 17.2. The van der Waals surface area contributed by atoms with E-state index in [9.17, 15) is 5.11 Å². The molecule has 0 radical (unpaired) electrons. The Hall–Kier alpha value is -1.43. The summed E-state index contributed by atoms with van der Waals surface area (Å²) < 4.78 is 2.30. The van der Waals surface area contributed by atoms with E-state index in [1.807, 2.05) is 19.9 Å². The quantitative estimate of drug-likeness (QED) is 0.852. The van der Waals surface area contributed by atoms with Crippen molar-refractivity contribution >= 4 is 11.0 Å². The van der Waals surface area contributed by atoms with Crippen LogP contribution in [-0.4, -0.2) is 57.4 Å². The molecule has 0 aliphatic carbocycles. The first-order valence-corrected chi connectivity index (χ1v) is 9.02. The average Bonchev–Trinajstić information content (AvgIpc) is 2.83. The molecule has 1 aliphatic heterocycles. The van der Waals surface area contributed by atoms with Gasteiger partial charge in [-0.2, -0.15) is 0 Å². The van der Waals surface area contributed by atoms with Gasteiger partial charge >= 0.3 is 0 Å². The molecule has 1 fully saturated rings. The van der Waals surface area contributed by atoms with Gasteiger partial charge in [0.1, 0.15) is 5.82 Å². The zero-order valence-corrected chi connectivity index (χ0v) is 15.1. The van der Waals surface area contributed by atoms with Crippen molar-refractivity contribution in [3.05, 3.63) is 30.1 Å². The number of nitrogens with one attached hydrogen (secondary N) is 1. The molecule has 1 saturated heterocycles. The van der Waals surface area contributed by atoms with Crippen LogP contribution in [0.4, 0.5) is 0 Å². The molecule has 0 atom stereocenters. The summed E-state index contributed by atoms with van der Waals surface area (Å²) in [5.41, 5.74) is 1.70. The lowest BCUT2D eigenvalue weighted by atomic mass is 10.0. The van der Waals surface area contributed by atoms with Crippen molar-refractivity contribution in [2.75, 3.05) is 26.2 Å². The maximum absolute atomic E-state index is 9.93. The molecule has 1 aromatic carbocycles. The molecule has 0 amide bonds. The number of aryl methyl sites for hydroxylation is 1. The fraction of sp³-hybridized carbons (Fsp3) is 0.632. The van der Waals surface area contributed by atoms with Gasteiger partial charge in [0.2, 0.25) is 0 Å². The SMILES string of the molecule is Cc1nc2ccccc2n1CCNC1CCN(CC(C)(C)O)CC1. The fourth-order valence-corrected chi connectivity index (χ4v) is 3.70. The van der Waals surface area contributed by atoms with E-state index in [1.165, 1.54) is 5.52 Å². The van der Waals surface area contributed by atoms with Crippen molar-refractivity contribution in [2.45, 2.75) is 51.8 Å². The van der Waals surface area contributed by atoms with Crippen LogP contribution in [0.5, 0.6) is 0 Å². The van der Waals surface area contributed by atoms with Crippen molar-refractivity contribution in [3.63, 3.8) is 0 Å². The monoisotopic (exact) mass is 330 g/mol. The maximum Gasteiger partial charge on any atom is 0.106 e. The van der Waals surface area contributed by atoms with Crippen LogP contribution in [0.2, 0.25) is 0 Å². The number of nitrogens with zero attached hydrogens (tertiary/aromatic N) is 3. The number of aliphatic hydroxyl groups is 1. The molecule has 24 heavy (non-hydrogen) atoms. The topological polar surface area (TPSA) is 53.3 Å². The number of piperidine rings is 1. The van der Waals surface area contributed by atoms with Crippen molar-refractivity contribution < 1.29 is 5.11 Å². The summed E-state index contributed by atoms with van der Waals surface area (Å²) in [5.74, 6) is 1.08.